The molecule has 0 saturated carbocycles. The summed E-state index contributed by atoms with van der Waals surface area (Å²) in [5, 5.41) is 3.54. The van der Waals surface area contributed by atoms with Crippen LogP contribution in [0.4, 0.5) is 5.69 Å². The molecule has 1 atom stereocenters. The average Bonchev–Trinajstić information content (AvgIpc) is 2.89. The molecular formula is C17H14BrClN2O2. The van der Waals surface area contributed by atoms with Gasteiger partial charge < -0.3 is 10.2 Å². The van der Waals surface area contributed by atoms with E-state index in [2.05, 4.69) is 21.2 Å². The second-order valence-electron chi connectivity index (χ2n) is 5.36. The maximum absolute atomic E-state index is 12.2. The molecule has 1 saturated heterocycles. The molecule has 1 aliphatic rings. The molecule has 1 N–H and O–H groups in total. The van der Waals surface area contributed by atoms with Gasteiger partial charge in [-0.15, -0.1) is 0 Å². The smallest absolute Gasteiger partial charge is 0.251 e. The fraction of sp³-hybridized carbons (Fsp3) is 0.176. The summed E-state index contributed by atoms with van der Waals surface area (Å²) in [6, 6.07) is 14.0. The SMILES string of the molecule is O=C(N[C@H]1CC(=O)N(c2ccc(Cl)cc2)C1)c1ccc(Br)cc1. The molecule has 2 aromatic rings. The van der Waals surface area contributed by atoms with Crippen molar-refractivity contribution < 1.29 is 9.59 Å². The molecule has 2 amide bonds. The lowest BCUT2D eigenvalue weighted by Crippen LogP contribution is -2.37. The van der Waals surface area contributed by atoms with Gasteiger partial charge in [0.2, 0.25) is 5.91 Å². The van der Waals surface area contributed by atoms with Crippen LogP contribution in [0.1, 0.15) is 16.8 Å². The van der Waals surface area contributed by atoms with Crippen LogP contribution in [0.5, 0.6) is 0 Å². The van der Waals surface area contributed by atoms with Gasteiger partial charge in [0.05, 0.1) is 6.04 Å². The van der Waals surface area contributed by atoms with Crippen molar-refractivity contribution in [2.75, 3.05) is 11.4 Å². The second-order valence-corrected chi connectivity index (χ2v) is 6.71. The van der Waals surface area contributed by atoms with Crippen molar-refractivity contribution in [2.45, 2.75) is 12.5 Å². The van der Waals surface area contributed by atoms with E-state index in [4.69, 9.17) is 11.6 Å². The number of hydrogen-bond acceptors (Lipinski definition) is 2. The summed E-state index contributed by atoms with van der Waals surface area (Å²) >= 11 is 9.20. The quantitative estimate of drug-likeness (QED) is 0.865. The highest BCUT2D eigenvalue weighted by molar-refractivity contribution is 9.10. The zero-order chi connectivity index (χ0) is 16.4. The zero-order valence-corrected chi connectivity index (χ0v) is 14.5. The Balaban J connectivity index is 1.66. The highest BCUT2D eigenvalue weighted by atomic mass is 79.9. The molecule has 4 nitrogen and oxygen atoms in total. The van der Waals surface area contributed by atoms with Gasteiger partial charge in [0.15, 0.2) is 0 Å². The summed E-state index contributed by atoms with van der Waals surface area (Å²) in [5.41, 5.74) is 1.37. The van der Waals surface area contributed by atoms with E-state index in [0.29, 0.717) is 23.6 Å². The van der Waals surface area contributed by atoms with Gasteiger partial charge in [-0.05, 0) is 48.5 Å². The largest absolute Gasteiger partial charge is 0.347 e. The zero-order valence-electron chi connectivity index (χ0n) is 12.1. The molecule has 3 rings (SSSR count). The predicted molar refractivity (Wildman–Crippen MR) is 93.8 cm³/mol. The minimum absolute atomic E-state index is 0.00608. The number of rotatable bonds is 3. The number of carbonyl (C=O) groups is 2. The van der Waals surface area contributed by atoms with Gasteiger partial charge in [-0.1, -0.05) is 27.5 Å². The summed E-state index contributed by atoms with van der Waals surface area (Å²) in [7, 11) is 0. The molecule has 0 aromatic heterocycles. The Morgan fingerprint density at radius 1 is 1.13 bits per heavy atom. The molecule has 23 heavy (non-hydrogen) atoms. The number of nitrogens with zero attached hydrogens (tertiary/aromatic N) is 1. The van der Waals surface area contributed by atoms with E-state index < -0.39 is 0 Å². The number of anilines is 1. The number of benzene rings is 2. The Bertz CT molecular complexity index is 731. The van der Waals surface area contributed by atoms with E-state index in [-0.39, 0.29) is 17.9 Å². The van der Waals surface area contributed by atoms with Gasteiger partial charge in [-0.2, -0.15) is 0 Å². The molecule has 0 aliphatic carbocycles. The third-order valence-corrected chi connectivity index (χ3v) is 4.49. The third-order valence-electron chi connectivity index (χ3n) is 3.70. The van der Waals surface area contributed by atoms with E-state index in [1.807, 2.05) is 12.1 Å². The lowest BCUT2D eigenvalue weighted by molar-refractivity contribution is -0.117. The molecule has 1 heterocycles. The standard InChI is InChI=1S/C17H14BrClN2O2/c18-12-3-1-11(2-4-12)17(23)20-14-9-16(22)21(10-14)15-7-5-13(19)6-8-15/h1-8,14H,9-10H2,(H,20,23)/t14-/m0/s1. The minimum atomic E-state index is -0.200. The van der Waals surface area contributed by atoms with Crippen LogP contribution in [0, 0.1) is 0 Å². The Morgan fingerprint density at radius 2 is 1.78 bits per heavy atom. The van der Waals surface area contributed by atoms with Crippen molar-refractivity contribution >= 4 is 45.0 Å². The van der Waals surface area contributed by atoms with Gasteiger partial charge in [0.1, 0.15) is 0 Å². The maximum Gasteiger partial charge on any atom is 0.251 e. The number of nitrogens with one attached hydrogen (secondary N) is 1. The first-order valence-corrected chi connectivity index (χ1v) is 8.32. The number of halogens is 2. The van der Waals surface area contributed by atoms with Crippen LogP contribution >= 0.6 is 27.5 Å². The molecule has 0 radical (unpaired) electrons. The third kappa shape index (κ3) is 3.74. The fourth-order valence-corrected chi connectivity index (χ4v) is 2.94. The van der Waals surface area contributed by atoms with Gasteiger partial charge >= 0.3 is 0 Å². The normalized spacial score (nSPS) is 17.4. The van der Waals surface area contributed by atoms with Crippen molar-refractivity contribution in [1.82, 2.24) is 5.32 Å². The topological polar surface area (TPSA) is 49.4 Å². The van der Waals surface area contributed by atoms with E-state index in [1.54, 1.807) is 41.3 Å². The molecule has 6 heteroatoms. The Kier molecular flexibility index (Phi) is 4.68. The van der Waals surface area contributed by atoms with Gasteiger partial charge in [0.25, 0.3) is 5.91 Å². The summed E-state index contributed by atoms with van der Waals surface area (Å²) < 4.78 is 0.916. The molecule has 2 aromatic carbocycles. The average molecular weight is 394 g/mol. The van der Waals surface area contributed by atoms with Crippen molar-refractivity contribution in [3.05, 3.63) is 63.6 Å². The van der Waals surface area contributed by atoms with Crippen molar-refractivity contribution in [2.24, 2.45) is 0 Å². The molecule has 118 valence electrons. The number of amides is 2. The van der Waals surface area contributed by atoms with E-state index in [9.17, 15) is 9.59 Å². The first-order chi connectivity index (χ1) is 11.0. The maximum atomic E-state index is 12.2. The molecule has 0 bridgehead atoms. The van der Waals surface area contributed by atoms with Gasteiger partial charge in [-0.3, -0.25) is 9.59 Å². The van der Waals surface area contributed by atoms with Crippen LogP contribution in [0.3, 0.4) is 0 Å². The van der Waals surface area contributed by atoms with Crippen LogP contribution in [0.2, 0.25) is 5.02 Å². The lowest BCUT2D eigenvalue weighted by Gasteiger charge is -2.17. The Morgan fingerprint density at radius 3 is 2.43 bits per heavy atom. The molecular weight excluding hydrogens is 380 g/mol. The first kappa shape index (κ1) is 16.0. The highest BCUT2D eigenvalue weighted by Crippen LogP contribution is 2.23. The summed E-state index contributed by atoms with van der Waals surface area (Å²) in [6.45, 7) is 0.461. The Hall–Kier alpha value is -1.85. The van der Waals surface area contributed by atoms with Gasteiger partial charge in [0, 0.05) is 33.7 Å². The molecule has 1 fully saturated rings. The summed E-state index contributed by atoms with van der Waals surface area (Å²) in [4.78, 5) is 26.1. The predicted octanol–water partition coefficient (Wildman–Crippen LogP) is 3.64. The first-order valence-electron chi connectivity index (χ1n) is 7.15. The Labute approximate surface area is 147 Å². The second kappa shape index (κ2) is 6.72. The summed E-state index contributed by atoms with van der Waals surface area (Å²) in [6.07, 6.45) is 0.297. The van der Waals surface area contributed by atoms with E-state index in [1.165, 1.54) is 0 Å². The van der Waals surface area contributed by atoms with E-state index in [0.717, 1.165) is 10.2 Å². The van der Waals surface area contributed by atoms with Crippen molar-refractivity contribution in [3.8, 4) is 0 Å². The van der Waals surface area contributed by atoms with Crippen LogP contribution < -0.4 is 10.2 Å². The molecule has 0 spiro atoms. The fourth-order valence-electron chi connectivity index (χ4n) is 2.54. The van der Waals surface area contributed by atoms with Crippen molar-refractivity contribution in [3.63, 3.8) is 0 Å². The molecule has 0 unspecified atom stereocenters. The minimum Gasteiger partial charge on any atom is -0.347 e. The van der Waals surface area contributed by atoms with Crippen LogP contribution in [-0.2, 0) is 4.79 Å². The van der Waals surface area contributed by atoms with Crippen LogP contribution in [-0.4, -0.2) is 24.4 Å². The van der Waals surface area contributed by atoms with Crippen LogP contribution in [0.25, 0.3) is 0 Å². The van der Waals surface area contributed by atoms with E-state index >= 15 is 0 Å². The number of hydrogen-bond donors (Lipinski definition) is 1. The summed E-state index contributed by atoms with van der Waals surface area (Å²) in [5.74, 6) is -0.179. The molecule has 1 aliphatic heterocycles. The number of carbonyl (C=O) groups excluding carboxylic acids is 2. The lowest BCUT2D eigenvalue weighted by atomic mass is 10.2. The van der Waals surface area contributed by atoms with Crippen molar-refractivity contribution in [1.29, 1.82) is 0 Å². The van der Waals surface area contributed by atoms with Crippen LogP contribution in [0.15, 0.2) is 53.0 Å². The highest BCUT2D eigenvalue weighted by Gasteiger charge is 2.31. The monoisotopic (exact) mass is 392 g/mol. The van der Waals surface area contributed by atoms with Gasteiger partial charge in [-0.25, -0.2) is 0 Å².